The first-order chi connectivity index (χ1) is 8.08. The van der Waals surface area contributed by atoms with Crippen LogP contribution in [0.5, 0.6) is 0 Å². The summed E-state index contributed by atoms with van der Waals surface area (Å²) in [5.41, 5.74) is 1.06. The third kappa shape index (κ3) is 1.52. The largest absolute Gasteiger partial charge is 0.478 e. The van der Waals surface area contributed by atoms with Gasteiger partial charge in [-0.15, -0.1) is 0 Å². The minimum atomic E-state index is -1.03. The van der Waals surface area contributed by atoms with E-state index >= 15 is 0 Å². The summed E-state index contributed by atoms with van der Waals surface area (Å²) < 4.78 is 19.0. The zero-order valence-corrected chi connectivity index (χ0v) is 9.29. The van der Waals surface area contributed by atoms with Crippen molar-refractivity contribution in [3.05, 3.63) is 34.8 Å². The van der Waals surface area contributed by atoms with Gasteiger partial charge in [0.25, 0.3) is 0 Å². The number of aromatic carboxylic acids is 1. The van der Waals surface area contributed by atoms with Gasteiger partial charge < -0.3 is 9.52 Å². The van der Waals surface area contributed by atoms with E-state index in [1.807, 2.05) is 0 Å². The van der Waals surface area contributed by atoms with Crippen LogP contribution in [0.4, 0.5) is 4.39 Å². The second-order valence-electron chi connectivity index (χ2n) is 4.48. The Morgan fingerprint density at radius 1 is 1.47 bits per heavy atom. The number of hydrogen-bond acceptors (Lipinski definition) is 2. The first kappa shape index (κ1) is 10.3. The minimum absolute atomic E-state index is 0.141. The lowest BCUT2D eigenvalue weighted by molar-refractivity contribution is 0.0697. The van der Waals surface area contributed by atoms with Crippen LogP contribution in [0.1, 0.15) is 40.4 Å². The maximum atomic E-state index is 13.7. The number of carboxylic acid groups (broad SMARTS) is 1. The molecule has 88 valence electrons. The number of halogens is 1. The van der Waals surface area contributed by atoms with Crippen LogP contribution in [0.3, 0.4) is 0 Å². The lowest BCUT2D eigenvalue weighted by Gasteiger charge is -2.00. The SMILES string of the molecule is Cc1oc2cc(F)c(C3CC3)cc2c1C(=O)O. The Morgan fingerprint density at radius 3 is 2.76 bits per heavy atom. The van der Waals surface area contributed by atoms with E-state index < -0.39 is 5.97 Å². The Morgan fingerprint density at radius 2 is 2.18 bits per heavy atom. The van der Waals surface area contributed by atoms with E-state index in [0.29, 0.717) is 22.3 Å². The Bertz CT molecular complexity index is 623. The topological polar surface area (TPSA) is 50.4 Å². The van der Waals surface area contributed by atoms with Gasteiger partial charge >= 0.3 is 5.97 Å². The molecule has 4 heteroatoms. The molecule has 0 atom stereocenters. The number of fused-ring (bicyclic) bond motifs is 1. The average Bonchev–Trinajstić information content (AvgIpc) is 3.00. The Hall–Kier alpha value is -1.84. The molecule has 0 spiro atoms. The fourth-order valence-corrected chi connectivity index (χ4v) is 2.23. The number of aryl methyl sites for hydroxylation is 1. The van der Waals surface area contributed by atoms with Gasteiger partial charge in [-0.3, -0.25) is 0 Å². The van der Waals surface area contributed by atoms with Crippen LogP contribution in [0.15, 0.2) is 16.5 Å². The molecule has 1 heterocycles. The molecule has 3 rings (SSSR count). The van der Waals surface area contributed by atoms with Crippen molar-refractivity contribution >= 4 is 16.9 Å². The summed E-state index contributed by atoms with van der Waals surface area (Å²) in [5, 5.41) is 9.61. The van der Waals surface area contributed by atoms with Gasteiger partial charge in [0, 0.05) is 11.5 Å². The second kappa shape index (κ2) is 3.32. The highest BCUT2D eigenvalue weighted by atomic mass is 19.1. The van der Waals surface area contributed by atoms with E-state index in [2.05, 4.69) is 0 Å². The predicted octanol–water partition coefficient (Wildman–Crippen LogP) is 3.46. The molecule has 1 aromatic carbocycles. The van der Waals surface area contributed by atoms with Crippen molar-refractivity contribution < 1.29 is 18.7 Å². The molecule has 1 fully saturated rings. The van der Waals surface area contributed by atoms with Gasteiger partial charge in [-0.05, 0) is 37.3 Å². The summed E-state index contributed by atoms with van der Waals surface area (Å²) in [6.45, 7) is 1.58. The van der Waals surface area contributed by atoms with Gasteiger partial charge in [0.1, 0.15) is 22.7 Å². The van der Waals surface area contributed by atoms with E-state index in [4.69, 9.17) is 9.52 Å². The Kier molecular flexibility index (Phi) is 2.02. The molecule has 1 aromatic heterocycles. The predicted molar refractivity (Wildman–Crippen MR) is 59.8 cm³/mol. The van der Waals surface area contributed by atoms with Gasteiger partial charge in [-0.25, -0.2) is 9.18 Å². The van der Waals surface area contributed by atoms with Crippen LogP contribution in [-0.2, 0) is 0 Å². The van der Waals surface area contributed by atoms with Gasteiger partial charge in [-0.1, -0.05) is 0 Å². The molecule has 0 radical (unpaired) electrons. The van der Waals surface area contributed by atoms with Crippen LogP contribution in [-0.4, -0.2) is 11.1 Å². The molecule has 2 aromatic rings. The van der Waals surface area contributed by atoms with Gasteiger partial charge in [0.15, 0.2) is 0 Å². The summed E-state index contributed by atoms with van der Waals surface area (Å²) in [4.78, 5) is 11.1. The summed E-state index contributed by atoms with van der Waals surface area (Å²) >= 11 is 0. The Labute approximate surface area is 96.8 Å². The molecule has 17 heavy (non-hydrogen) atoms. The van der Waals surface area contributed by atoms with Gasteiger partial charge in [0.2, 0.25) is 0 Å². The van der Waals surface area contributed by atoms with Gasteiger partial charge in [0.05, 0.1) is 0 Å². The van der Waals surface area contributed by atoms with Crippen LogP contribution in [0, 0.1) is 12.7 Å². The van der Waals surface area contributed by atoms with Crippen LogP contribution < -0.4 is 0 Å². The zero-order valence-electron chi connectivity index (χ0n) is 9.29. The first-order valence-corrected chi connectivity index (χ1v) is 5.53. The monoisotopic (exact) mass is 234 g/mol. The van der Waals surface area contributed by atoms with Crippen molar-refractivity contribution in [1.29, 1.82) is 0 Å². The van der Waals surface area contributed by atoms with E-state index in [1.54, 1.807) is 13.0 Å². The number of benzene rings is 1. The van der Waals surface area contributed by atoms with Gasteiger partial charge in [-0.2, -0.15) is 0 Å². The van der Waals surface area contributed by atoms with Crippen molar-refractivity contribution in [3.8, 4) is 0 Å². The fourth-order valence-electron chi connectivity index (χ4n) is 2.23. The van der Waals surface area contributed by atoms with Crippen molar-refractivity contribution in [3.63, 3.8) is 0 Å². The standard InChI is InChI=1S/C13H11FO3/c1-6-12(13(15)16)9-4-8(7-2-3-7)10(14)5-11(9)17-6/h4-5,7H,2-3H2,1H3,(H,15,16). The highest BCUT2D eigenvalue weighted by Gasteiger charge is 2.28. The minimum Gasteiger partial charge on any atom is -0.478 e. The van der Waals surface area contributed by atoms with Crippen molar-refractivity contribution in [1.82, 2.24) is 0 Å². The number of hydrogen-bond donors (Lipinski definition) is 1. The van der Waals surface area contributed by atoms with Crippen LogP contribution in [0.25, 0.3) is 11.0 Å². The molecule has 1 aliphatic carbocycles. The highest BCUT2D eigenvalue weighted by Crippen LogP contribution is 2.43. The summed E-state index contributed by atoms with van der Waals surface area (Å²) in [5.74, 6) is -0.767. The average molecular weight is 234 g/mol. The summed E-state index contributed by atoms with van der Waals surface area (Å²) in [6.07, 6.45) is 1.95. The maximum Gasteiger partial charge on any atom is 0.339 e. The number of rotatable bonds is 2. The van der Waals surface area contributed by atoms with E-state index in [1.165, 1.54) is 6.07 Å². The van der Waals surface area contributed by atoms with Crippen molar-refractivity contribution in [2.24, 2.45) is 0 Å². The quantitative estimate of drug-likeness (QED) is 0.865. The number of carbonyl (C=O) groups is 1. The lowest BCUT2D eigenvalue weighted by atomic mass is 10.0. The fraction of sp³-hybridized carbons (Fsp3) is 0.308. The molecule has 1 aliphatic rings. The molecule has 1 saturated carbocycles. The summed E-state index contributed by atoms with van der Waals surface area (Å²) in [6, 6.07) is 2.92. The van der Waals surface area contributed by atoms with E-state index in [-0.39, 0.29) is 17.3 Å². The third-order valence-electron chi connectivity index (χ3n) is 3.21. The van der Waals surface area contributed by atoms with E-state index in [0.717, 1.165) is 12.8 Å². The molecule has 1 N–H and O–H groups in total. The molecular formula is C13H11FO3. The smallest absolute Gasteiger partial charge is 0.339 e. The molecule has 3 nitrogen and oxygen atoms in total. The van der Waals surface area contributed by atoms with E-state index in [9.17, 15) is 9.18 Å². The van der Waals surface area contributed by atoms with Crippen LogP contribution >= 0.6 is 0 Å². The molecule has 0 unspecified atom stereocenters. The molecular weight excluding hydrogens is 223 g/mol. The second-order valence-corrected chi connectivity index (χ2v) is 4.48. The zero-order chi connectivity index (χ0) is 12.2. The maximum absolute atomic E-state index is 13.7. The van der Waals surface area contributed by atoms with Crippen molar-refractivity contribution in [2.45, 2.75) is 25.7 Å². The normalized spacial score (nSPS) is 15.4. The first-order valence-electron chi connectivity index (χ1n) is 5.53. The van der Waals surface area contributed by atoms with Crippen LogP contribution in [0.2, 0.25) is 0 Å². The third-order valence-corrected chi connectivity index (χ3v) is 3.21. The molecule has 0 aliphatic heterocycles. The molecule has 0 saturated heterocycles. The number of furan rings is 1. The number of carboxylic acids is 1. The molecule has 0 amide bonds. The lowest BCUT2D eigenvalue weighted by Crippen LogP contribution is -1.97. The summed E-state index contributed by atoms with van der Waals surface area (Å²) in [7, 11) is 0. The Balaban J connectivity index is 2.31. The highest BCUT2D eigenvalue weighted by molar-refractivity contribution is 6.03. The van der Waals surface area contributed by atoms with Crippen molar-refractivity contribution in [2.75, 3.05) is 0 Å². The molecule has 0 bridgehead atoms.